The van der Waals surface area contributed by atoms with Gasteiger partial charge in [0.2, 0.25) is 0 Å². The van der Waals surface area contributed by atoms with Gasteiger partial charge in [0, 0.05) is 5.69 Å². The molecule has 0 aromatic heterocycles. The molecule has 5 heteroatoms. The van der Waals surface area contributed by atoms with Crippen LogP contribution in [0.5, 0.6) is 0 Å². The summed E-state index contributed by atoms with van der Waals surface area (Å²) in [4.78, 5) is 24.4. The van der Waals surface area contributed by atoms with Crippen molar-refractivity contribution in [3.8, 4) is 0 Å². The third kappa shape index (κ3) is 7.68. The van der Waals surface area contributed by atoms with E-state index in [0.29, 0.717) is 12.1 Å². The third-order valence-corrected chi connectivity index (χ3v) is 3.01. The largest absolute Gasteiger partial charge is 0.458 e. The molecule has 2 N–H and O–H groups in total. The van der Waals surface area contributed by atoms with Crippen LogP contribution < -0.4 is 10.6 Å². The van der Waals surface area contributed by atoms with Crippen molar-refractivity contribution in [3.63, 3.8) is 0 Å². The van der Waals surface area contributed by atoms with Gasteiger partial charge in [-0.15, -0.1) is 0 Å². The Balaban J connectivity index is 2.70. The predicted molar refractivity (Wildman–Crippen MR) is 92.4 cm³/mol. The Morgan fingerprint density at radius 1 is 1.13 bits per heavy atom. The number of hydrogen-bond donors (Lipinski definition) is 2. The summed E-state index contributed by atoms with van der Waals surface area (Å²) in [5.41, 5.74) is 1.21. The number of amides is 2. The monoisotopic (exact) mass is 320 g/mol. The van der Waals surface area contributed by atoms with Crippen LogP contribution in [-0.4, -0.2) is 23.6 Å². The summed E-state index contributed by atoms with van der Waals surface area (Å²) in [7, 11) is 0. The molecule has 0 saturated carbocycles. The van der Waals surface area contributed by atoms with Crippen LogP contribution in [0.4, 0.5) is 10.5 Å². The van der Waals surface area contributed by atoms with Crippen LogP contribution in [0, 0.1) is 12.8 Å². The third-order valence-electron chi connectivity index (χ3n) is 3.01. The van der Waals surface area contributed by atoms with Gasteiger partial charge < -0.3 is 15.4 Å². The van der Waals surface area contributed by atoms with Crippen LogP contribution in [0.2, 0.25) is 0 Å². The minimum atomic E-state index is -0.667. The van der Waals surface area contributed by atoms with Crippen molar-refractivity contribution in [1.82, 2.24) is 5.32 Å². The van der Waals surface area contributed by atoms with E-state index in [1.807, 2.05) is 65.8 Å². The van der Waals surface area contributed by atoms with Crippen LogP contribution in [-0.2, 0) is 9.53 Å². The van der Waals surface area contributed by atoms with Gasteiger partial charge in [-0.1, -0.05) is 31.5 Å². The molecule has 1 rings (SSSR count). The van der Waals surface area contributed by atoms with Crippen LogP contribution in [0.1, 0.15) is 46.6 Å². The minimum Gasteiger partial charge on any atom is -0.458 e. The lowest BCUT2D eigenvalue weighted by Crippen LogP contribution is -2.46. The quantitative estimate of drug-likeness (QED) is 0.809. The average Bonchev–Trinajstić information content (AvgIpc) is 2.38. The molecule has 2 amide bonds. The fourth-order valence-corrected chi connectivity index (χ4v) is 2.02. The normalized spacial score (nSPS) is 12.7. The first kappa shape index (κ1) is 19.0. The number of esters is 1. The van der Waals surface area contributed by atoms with Gasteiger partial charge in [-0.3, -0.25) is 0 Å². The SMILES string of the molecule is Cc1ccc(NC(=O)NC(CC(C)C)C(=O)OC(C)(C)C)cc1. The summed E-state index contributed by atoms with van der Waals surface area (Å²) >= 11 is 0. The number of ether oxygens (including phenoxy) is 1. The summed E-state index contributed by atoms with van der Waals surface area (Å²) in [5.74, 6) is -0.155. The molecule has 0 heterocycles. The Kier molecular flexibility index (Phi) is 6.61. The van der Waals surface area contributed by atoms with E-state index in [1.54, 1.807) is 0 Å². The van der Waals surface area contributed by atoms with Gasteiger partial charge in [0.05, 0.1) is 0 Å². The molecule has 1 aromatic rings. The molecular formula is C18H28N2O3. The van der Waals surface area contributed by atoms with Gasteiger partial charge >= 0.3 is 12.0 Å². The number of urea groups is 1. The van der Waals surface area contributed by atoms with E-state index in [-0.39, 0.29) is 5.92 Å². The highest BCUT2D eigenvalue weighted by atomic mass is 16.6. The maximum atomic E-state index is 12.3. The summed E-state index contributed by atoms with van der Waals surface area (Å²) in [6.07, 6.45) is 0.524. The zero-order valence-corrected chi connectivity index (χ0v) is 14.9. The molecule has 23 heavy (non-hydrogen) atoms. The number of carbonyl (C=O) groups is 2. The highest BCUT2D eigenvalue weighted by Crippen LogP contribution is 2.13. The van der Waals surface area contributed by atoms with Crippen molar-refractivity contribution < 1.29 is 14.3 Å². The Hall–Kier alpha value is -2.04. The molecule has 128 valence electrons. The van der Waals surface area contributed by atoms with Gasteiger partial charge in [0.1, 0.15) is 11.6 Å². The van der Waals surface area contributed by atoms with Gasteiger partial charge in [0.25, 0.3) is 0 Å². The number of benzene rings is 1. The standard InChI is InChI=1S/C18H28N2O3/c1-12(2)11-15(16(21)23-18(4,5)6)20-17(22)19-14-9-7-13(3)8-10-14/h7-10,12,15H,11H2,1-6H3,(H2,19,20,22). The maximum absolute atomic E-state index is 12.3. The maximum Gasteiger partial charge on any atom is 0.329 e. The molecule has 0 saturated heterocycles. The van der Waals surface area contributed by atoms with Gasteiger partial charge in [0.15, 0.2) is 0 Å². The van der Waals surface area contributed by atoms with Crippen LogP contribution in [0.15, 0.2) is 24.3 Å². The van der Waals surface area contributed by atoms with Crippen molar-refractivity contribution in [2.45, 2.75) is 59.6 Å². The van der Waals surface area contributed by atoms with E-state index in [2.05, 4.69) is 10.6 Å². The van der Waals surface area contributed by atoms with Crippen molar-refractivity contribution >= 4 is 17.7 Å². The zero-order valence-electron chi connectivity index (χ0n) is 14.9. The Labute approximate surface area is 138 Å². The van der Waals surface area contributed by atoms with E-state index in [1.165, 1.54) is 0 Å². The number of hydrogen-bond acceptors (Lipinski definition) is 3. The topological polar surface area (TPSA) is 67.4 Å². The van der Waals surface area contributed by atoms with Gasteiger partial charge in [-0.25, -0.2) is 9.59 Å². The average molecular weight is 320 g/mol. The molecule has 0 aliphatic carbocycles. The first-order valence-electron chi connectivity index (χ1n) is 7.94. The number of carbonyl (C=O) groups excluding carboxylic acids is 2. The lowest BCUT2D eigenvalue weighted by atomic mass is 10.0. The molecule has 0 bridgehead atoms. The fourth-order valence-electron chi connectivity index (χ4n) is 2.02. The Bertz CT molecular complexity index is 530. The van der Waals surface area contributed by atoms with Crippen molar-refractivity contribution in [3.05, 3.63) is 29.8 Å². The first-order valence-corrected chi connectivity index (χ1v) is 7.94. The number of anilines is 1. The molecule has 1 aromatic carbocycles. The van der Waals surface area contributed by atoms with Crippen LogP contribution in [0.25, 0.3) is 0 Å². The minimum absolute atomic E-state index is 0.257. The molecule has 5 nitrogen and oxygen atoms in total. The second-order valence-electron chi connectivity index (χ2n) is 7.18. The highest BCUT2D eigenvalue weighted by molar-refractivity contribution is 5.92. The predicted octanol–water partition coefficient (Wildman–Crippen LogP) is 3.87. The molecule has 0 fully saturated rings. The number of nitrogens with one attached hydrogen (secondary N) is 2. The molecule has 0 aliphatic rings. The van der Waals surface area contributed by atoms with E-state index < -0.39 is 23.6 Å². The number of rotatable bonds is 5. The van der Waals surface area contributed by atoms with E-state index >= 15 is 0 Å². The van der Waals surface area contributed by atoms with Crippen molar-refractivity contribution in [1.29, 1.82) is 0 Å². The second kappa shape index (κ2) is 7.99. The van der Waals surface area contributed by atoms with Crippen molar-refractivity contribution in [2.24, 2.45) is 5.92 Å². The first-order chi connectivity index (χ1) is 10.6. The highest BCUT2D eigenvalue weighted by Gasteiger charge is 2.27. The fraction of sp³-hybridized carbons (Fsp3) is 0.556. The summed E-state index contributed by atoms with van der Waals surface area (Å²) in [5, 5.41) is 5.44. The van der Waals surface area contributed by atoms with E-state index in [9.17, 15) is 9.59 Å². The molecule has 1 unspecified atom stereocenters. The Morgan fingerprint density at radius 3 is 2.17 bits per heavy atom. The summed E-state index contributed by atoms with van der Waals surface area (Å²) in [6, 6.07) is 6.38. The smallest absolute Gasteiger partial charge is 0.329 e. The lowest BCUT2D eigenvalue weighted by molar-refractivity contribution is -0.157. The van der Waals surface area contributed by atoms with E-state index in [4.69, 9.17) is 4.74 Å². The molecule has 0 aliphatic heterocycles. The molecule has 0 spiro atoms. The van der Waals surface area contributed by atoms with Crippen molar-refractivity contribution in [2.75, 3.05) is 5.32 Å². The van der Waals surface area contributed by atoms with Crippen LogP contribution in [0.3, 0.4) is 0 Å². The Morgan fingerprint density at radius 2 is 1.70 bits per heavy atom. The zero-order chi connectivity index (χ0) is 17.6. The van der Waals surface area contributed by atoms with Crippen LogP contribution >= 0.6 is 0 Å². The summed E-state index contributed by atoms with van der Waals surface area (Å²) in [6.45, 7) is 11.4. The molecular weight excluding hydrogens is 292 g/mol. The van der Waals surface area contributed by atoms with Gasteiger partial charge in [-0.05, 0) is 52.2 Å². The second-order valence-corrected chi connectivity index (χ2v) is 7.18. The number of aryl methyl sites for hydroxylation is 1. The van der Waals surface area contributed by atoms with E-state index in [0.717, 1.165) is 5.56 Å². The summed E-state index contributed by atoms with van der Waals surface area (Å²) < 4.78 is 5.39. The lowest BCUT2D eigenvalue weighted by Gasteiger charge is -2.25. The molecule has 1 atom stereocenters. The van der Waals surface area contributed by atoms with Gasteiger partial charge in [-0.2, -0.15) is 0 Å². The molecule has 0 radical (unpaired) electrons.